The first-order valence-electron chi connectivity index (χ1n) is 4.95. The number of aliphatic carboxylic acids is 1. The smallest absolute Gasteiger partial charge is 0.328 e. The molecule has 0 saturated carbocycles. The summed E-state index contributed by atoms with van der Waals surface area (Å²) in [6.07, 6.45) is 0. The van der Waals surface area contributed by atoms with E-state index >= 15 is 0 Å². The fourth-order valence-corrected chi connectivity index (χ4v) is 1.18. The van der Waals surface area contributed by atoms with Gasteiger partial charge in [-0.25, -0.2) is 9.48 Å². The zero-order valence-corrected chi connectivity index (χ0v) is 9.38. The van der Waals surface area contributed by atoms with Gasteiger partial charge in [-0.2, -0.15) is 0 Å². The molecule has 1 N–H and O–H groups in total. The fraction of sp³-hybridized carbons (Fsp3) is 0.778. The number of hydrogen-bond donors (Lipinski definition) is 1. The van der Waals surface area contributed by atoms with Gasteiger partial charge >= 0.3 is 5.97 Å². The number of carbonyl (C=O) groups is 1. The summed E-state index contributed by atoms with van der Waals surface area (Å²) >= 11 is 0. The molecule has 6 heteroatoms. The SMILES string of the molecule is CC(C)C(C)c1nnnn1C(C)C(=O)O. The van der Waals surface area contributed by atoms with Crippen LogP contribution in [0.25, 0.3) is 0 Å². The van der Waals surface area contributed by atoms with Gasteiger partial charge in [0.1, 0.15) is 6.04 Å². The Balaban J connectivity index is 3.01. The zero-order valence-electron chi connectivity index (χ0n) is 9.38. The lowest BCUT2D eigenvalue weighted by atomic mass is 9.97. The van der Waals surface area contributed by atoms with Gasteiger partial charge in [-0.3, -0.25) is 0 Å². The molecule has 0 saturated heterocycles. The molecule has 84 valence electrons. The van der Waals surface area contributed by atoms with Crippen LogP contribution in [0, 0.1) is 5.92 Å². The zero-order chi connectivity index (χ0) is 11.6. The second-order valence-corrected chi connectivity index (χ2v) is 4.03. The summed E-state index contributed by atoms with van der Waals surface area (Å²) in [6, 6.07) is -0.726. The molecule has 0 radical (unpaired) electrons. The van der Waals surface area contributed by atoms with E-state index < -0.39 is 12.0 Å². The molecule has 2 unspecified atom stereocenters. The van der Waals surface area contributed by atoms with Crippen molar-refractivity contribution in [1.29, 1.82) is 0 Å². The number of carboxylic acid groups (broad SMARTS) is 1. The number of aromatic nitrogens is 4. The van der Waals surface area contributed by atoms with Crippen molar-refractivity contribution in [3.63, 3.8) is 0 Å². The molecule has 1 aromatic heterocycles. The van der Waals surface area contributed by atoms with Crippen molar-refractivity contribution in [1.82, 2.24) is 20.2 Å². The van der Waals surface area contributed by atoms with E-state index in [0.717, 1.165) is 0 Å². The van der Waals surface area contributed by atoms with Crippen LogP contribution >= 0.6 is 0 Å². The second kappa shape index (κ2) is 4.37. The maximum Gasteiger partial charge on any atom is 0.328 e. The molecule has 1 heterocycles. The summed E-state index contributed by atoms with van der Waals surface area (Å²) in [6.45, 7) is 7.65. The van der Waals surface area contributed by atoms with Crippen LogP contribution in [0.2, 0.25) is 0 Å². The number of rotatable bonds is 4. The van der Waals surface area contributed by atoms with Crippen molar-refractivity contribution in [2.45, 2.75) is 39.7 Å². The Labute approximate surface area is 88.3 Å². The summed E-state index contributed by atoms with van der Waals surface area (Å²) in [5.74, 6) is 0.206. The van der Waals surface area contributed by atoms with Gasteiger partial charge in [0.2, 0.25) is 0 Å². The molecule has 0 bridgehead atoms. The average Bonchev–Trinajstić information content (AvgIpc) is 2.63. The molecule has 1 aromatic rings. The number of tetrazole rings is 1. The third-order valence-corrected chi connectivity index (χ3v) is 2.65. The van der Waals surface area contributed by atoms with Gasteiger partial charge in [0.25, 0.3) is 0 Å². The summed E-state index contributed by atoms with van der Waals surface area (Å²) in [5.41, 5.74) is 0. The highest BCUT2D eigenvalue weighted by molar-refractivity contribution is 5.71. The number of hydrogen-bond acceptors (Lipinski definition) is 4. The third-order valence-electron chi connectivity index (χ3n) is 2.65. The van der Waals surface area contributed by atoms with Crippen LogP contribution in [0.3, 0.4) is 0 Å². The van der Waals surface area contributed by atoms with Crippen molar-refractivity contribution in [2.24, 2.45) is 5.92 Å². The second-order valence-electron chi connectivity index (χ2n) is 4.03. The largest absolute Gasteiger partial charge is 0.480 e. The van der Waals surface area contributed by atoms with E-state index in [9.17, 15) is 4.79 Å². The Morgan fingerprint density at radius 3 is 2.40 bits per heavy atom. The normalized spacial score (nSPS) is 15.3. The molecular weight excluding hydrogens is 196 g/mol. The molecule has 0 aliphatic carbocycles. The predicted molar refractivity (Wildman–Crippen MR) is 53.4 cm³/mol. The highest BCUT2D eigenvalue weighted by Gasteiger charge is 2.23. The van der Waals surface area contributed by atoms with Crippen molar-refractivity contribution in [2.75, 3.05) is 0 Å². The summed E-state index contributed by atoms with van der Waals surface area (Å²) in [4.78, 5) is 10.8. The molecule has 15 heavy (non-hydrogen) atoms. The Hall–Kier alpha value is -1.46. The summed E-state index contributed by atoms with van der Waals surface area (Å²) in [5, 5.41) is 20.0. The lowest BCUT2D eigenvalue weighted by Gasteiger charge is -2.16. The summed E-state index contributed by atoms with van der Waals surface area (Å²) in [7, 11) is 0. The lowest BCUT2D eigenvalue weighted by molar-refractivity contribution is -0.140. The Kier molecular flexibility index (Phi) is 3.39. The maximum atomic E-state index is 10.8. The highest BCUT2D eigenvalue weighted by atomic mass is 16.4. The minimum Gasteiger partial charge on any atom is -0.480 e. The van der Waals surface area contributed by atoms with Crippen LogP contribution in [-0.2, 0) is 4.79 Å². The van der Waals surface area contributed by atoms with Gasteiger partial charge in [-0.15, -0.1) is 5.10 Å². The molecule has 6 nitrogen and oxygen atoms in total. The molecular formula is C9H16N4O2. The monoisotopic (exact) mass is 212 g/mol. The van der Waals surface area contributed by atoms with E-state index in [0.29, 0.717) is 11.7 Å². The first-order chi connectivity index (χ1) is 6.95. The van der Waals surface area contributed by atoms with Gasteiger partial charge in [0.15, 0.2) is 5.82 Å². The van der Waals surface area contributed by atoms with Crippen molar-refractivity contribution < 1.29 is 9.90 Å². The quantitative estimate of drug-likeness (QED) is 0.807. The minimum absolute atomic E-state index is 0.141. The third kappa shape index (κ3) is 2.31. The summed E-state index contributed by atoms with van der Waals surface area (Å²) < 4.78 is 1.37. The van der Waals surface area contributed by atoms with Crippen LogP contribution < -0.4 is 0 Å². The number of nitrogens with zero attached hydrogens (tertiary/aromatic N) is 4. The molecule has 2 atom stereocenters. The number of carboxylic acids is 1. The molecule has 1 rings (SSSR count). The van der Waals surface area contributed by atoms with E-state index in [1.807, 2.05) is 6.92 Å². The van der Waals surface area contributed by atoms with E-state index in [2.05, 4.69) is 29.4 Å². The van der Waals surface area contributed by atoms with Gasteiger partial charge in [-0.05, 0) is 23.3 Å². The topological polar surface area (TPSA) is 80.9 Å². The Morgan fingerprint density at radius 1 is 1.33 bits per heavy atom. The first-order valence-corrected chi connectivity index (χ1v) is 4.95. The Bertz CT molecular complexity index is 348. The average molecular weight is 212 g/mol. The Morgan fingerprint density at radius 2 is 1.93 bits per heavy atom. The van der Waals surface area contributed by atoms with E-state index in [1.165, 1.54) is 4.68 Å². The highest BCUT2D eigenvalue weighted by Crippen LogP contribution is 2.22. The van der Waals surface area contributed by atoms with Gasteiger partial charge in [0, 0.05) is 5.92 Å². The predicted octanol–water partition coefficient (Wildman–Crippen LogP) is 1.08. The molecule has 0 aliphatic heterocycles. The van der Waals surface area contributed by atoms with Crippen LogP contribution in [0.5, 0.6) is 0 Å². The molecule has 0 spiro atoms. The van der Waals surface area contributed by atoms with Gasteiger partial charge < -0.3 is 5.11 Å². The van der Waals surface area contributed by atoms with Crippen molar-refractivity contribution in [3.8, 4) is 0 Å². The fourth-order valence-electron chi connectivity index (χ4n) is 1.18. The van der Waals surface area contributed by atoms with E-state index in [4.69, 9.17) is 5.11 Å². The lowest BCUT2D eigenvalue weighted by Crippen LogP contribution is -2.21. The van der Waals surface area contributed by atoms with Crippen LogP contribution in [0.4, 0.5) is 0 Å². The van der Waals surface area contributed by atoms with Gasteiger partial charge in [0.05, 0.1) is 0 Å². The molecule has 0 fully saturated rings. The first kappa shape index (κ1) is 11.6. The van der Waals surface area contributed by atoms with E-state index in [-0.39, 0.29) is 5.92 Å². The van der Waals surface area contributed by atoms with Crippen molar-refractivity contribution >= 4 is 5.97 Å². The van der Waals surface area contributed by atoms with Crippen molar-refractivity contribution in [3.05, 3.63) is 5.82 Å². The van der Waals surface area contributed by atoms with Crippen LogP contribution in [0.15, 0.2) is 0 Å². The molecule has 0 aromatic carbocycles. The van der Waals surface area contributed by atoms with Gasteiger partial charge in [-0.1, -0.05) is 20.8 Å². The minimum atomic E-state index is -0.931. The molecule has 0 aliphatic rings. The standard InChI is InChI=1S/C9H16N4O2/c1-5(2)6(3)8-10-11-12-13(8)7(4)9(14)15/h5-7H,1-4H3,(H,14,15). The molecule has 0 amide bonds. The van der Waals surface area contributed by atoms with E-state index in [1.54, 1.807) is 6.92 Å². The van der Waals surface area contributed by atoms with Crippen LogP contribution in [-0.4, -0.2) is 31.3 Å². The maximum absolute atomic E-state index is 10.8. The van der Waals surface area contributed by atoms with Crippen LogP contribution in [0.1, 0.15) is 45.5 Å².